The summed E-state index contributed by atoms with van der Waals surface area (Å²) in [6.45, 7) is 10.2. The Morgan fingerprint density at radius 1 is 1.14 bits per heavy atom. The first-order valence-electron chi connectivity index (χ1n) is 12.1. The monoisotopic (exact) mass is 552 g/mol. The summed E-state index contributed by atoms with van der Waals surface area (Å²) < 4.78 is 10.6. The van der Waals surface area contributed by atoms with E-state index in [1.54, 1.807) is 10.9 Å². The SMILES string of the molecule is CC[C@@H](c1ccccc1)n1cc(CC(=O)c2nn(COCC[Si](C)(C)C)c3cc(Br)ccc23)cn1. The lowest BCUT2D eigenvalue weighted by molar-refractivity contribution is 0.0807. The molecule has 2 aromatic carbocycles. The van der Waals surface area contributed by atoms with Gasteiger partial charge in [0.15, 0.2) is 5.78 Å². The number of Topliss-reactive ketones (excluding diaryl/α,β-unsaturated/α-hetero) is 1. The summed E-state index contributed by atoms with van der Waals surface area (Å²) >= 11 is 3.54. The fraction of sp³-hybridized carbons (Fsp3) is 0.370. The first-order valence-corrected chi connectivity index (χ1v) is 16.6. The minimum Gasteiger partial charge on any atom is -0.360 e. The maximum absolute atomic E-state index is 13.3. The van der Waals surface area contributed by atoms with Crippen molar-refractivity contribution in [3.05, 3.63) is 82.2 Å². The number of hydrogen-bond donors (Lipinski definition) is 0. The maximum Gasteiger partial charge on any atom is 0.188 e. The van der Waals surface area contributed by atoms with E-state index < -0.39 is 8.07 Å². The van der Waals surface area contributed by atoms with Crippen molar-refractivity contribution in [3.8, 4) is 0 Å². The fourth-order valence-corrected chi connectivity index (χ4v) is 5.25. The number of rotatable bonds is 11. The van der Waals surface area contributed by atoms with Gasteiger partial charge >= 0.3 is 0 Å². The third kappa shape index (κ3) is 6.37. The third-order valence-corrected chi connectivity index (χ3v) is 8.30. The van der Waals surface area contributed by atoms with Gasteiger partial charge in [0, 0.05) is 37.2 Å². The van der Waals surface area contributed by atoms with Crippen LogP contribution in [-0.4, -0.2) is 40.0 Å². The largest absolute Gasteiger partial charge is 0.360 e. The van der Waals surface area contributed by atoms with Crippen LogP contribution in [0.5, 0.6) is 0 Å². The number of benzene rings is 2. The van der Waals surface area contributed by atoms with Gasteiger partial charge in [-0.1, -0.05) is 72.8 Å². The average molecular weight is 554 g/mol. The molecule has 0 saturated heterocycles. The van der Waals surface area contributed by atoms with E-state index in [1.807, 2.05) is 47.3 Å². The quantitative estimate of drug-likeness (QED) is 0.117. The van der Waals surface area contributed by atoms with Crippen molar-refractivity contribution in [3.63, 3.8) is 0 Å². The first kappa shape index (κ1) is 25.5. The second kappa shape index (κ2) is 11.0. The number of fused-ring (bicyclic) bond motifs is 1. The highest BCUT2D eigenvalue weighted by Gasteiger charge is 2.20. The van der Waals surface area contributed by atoms with E-state index >= 15 is 0 Å². The van der Waals surface area contributed by atoms with Gasteiger partial charge in [0.1, 0.15) is 12.4 Å². The molecule has 0 spiro atoms. The Bertz CT molecular complexity index is 1290. The standard InChI is InChI=1S/C27H33BrN4O2Si/c1-5-24(21-9-7-6-8-10-21)31-18-20(17-29-31)15-26(33)27-23-12-11-22(28)16-25(23)32(30-27)19-34-13-14-35(2,3)4/h6-12,16-18,24H,5,13-15,19H2,1-4H3/t24-/m0/s1. The number of carbonyl (C=O) groups excluding carboxylic acids is 1. The van der Waals surface area contributed by atoms with Gasteiger partial charge in [-0.3, -0.25) is 9.48 Å². The van der Waals surface area contributed by atoms with Crippen molar-refractivity contribution in [2.24, 2.45) is 0 Å². The van der Waals surface area contributed by atoms with Gasteiger partial charge < -0.3 is 4.74 Å². The van der Waals surface area contributed by atoms with Crippen molar-refractivity contribution in [1.82, 2.24) is 19.6 Å². The van der Waals surface area contributed by atoms with Crippen LogP contribution in [0.15, 0.2) is 65.4 Å². The summed E-state index contributed by atoms with van der Waals surface area (Å²) in [5.41, 5.74) is 3.46. The Morgan fingerprint density at radius 2 is 1.91 bits per heavy atom. The molecule has 2 heterocycles. The summed E-state index contributed by atoms with van der Waals surface area (Å²) in [7, 11) is -1.17. The average Bonchev–Trinajstić information content (AvgIpc) is 3.42. The number of ether oxygens (including phenoxy) is 1. The lowest BCUT2D eigenvalue weighted by Crippen LogP contribution is -2.22. The highest BCUT2D eigenvalue weighted by atomic mass is 79.9. The highest BCUT2D eigenvalue weighted by molar-refractivity contribution is 9.10. The molecular formula is C27H33BrN4O2Si. The second-order valence-corrected chi connectivity index (χ2v) is 16.7. The van der Waals surface area contributed by atoms with Crippen LogP contribution >= 0.6 is 15.9 Å². The van der Waals surface area contributed by atoms with Crippen LogP contribution in [0.4, 0.5) is 0 Å². The number of halogens is 1. The Hall–Kier alpha value is -2.55. The number of hydrogen-bond acceptors (Lipinski definition) is 4. The minimum atomic E-state index is -1.17. The predicted molar refractivity (Wildman–Crippen MR) is 147 cm³/mol. The van der Waals surface area contributed by atoms with Gasteiger partial charge in [-0.15, -0.1) is 0 Å². The van der Waals surface area contributed by atoms with Crippen LogP contribution in [0.25, 0.3) is 10.9 Å². The topological polar surface area (TPSA) is 61.9 Å². The van der Waals surface area contributed by atoms with Crippen LogP contribution in [0.1, 0.15) is 41.0 Å². The van der Waals surface area contributed by atoms with E-state index in [9.17, 15) is 4.79 Å². The van der Waals surface area contributed by atoms with E-state index in [2.05, 4.69) is 64.8 Å². The molecule has 0 aliphatic rings. The molecule has 0 radical (unpaired) electrons. The molecule has 0 amide bonds. The summed E-state index contributed by atoms with van der Waals surface area (Å²) in [5, 5.41) is 10.1. The number of aromatic nitrogens is 4. The zero-order valence-corrected chi connectivity index (χ0v) is 23.5. The Balaban J connectivity index is 1.52. The second-order valence-electron chi connectivity index (χ2n) is 10.1. The summed E-state index contributed by atoms with van der Waals surface area (Å²) in [6.07, 6.45) is 4.94. The number of nitrogens with zero attached hydrogens (tertiary/aromatic N) is 4. The molecule has 8 heteroatoms. The maximum atomic E-state index is 13.3. The van der Waals surface area contributed by atoms with Crippen LogP contribution in [-0.2, 0) is 17.9 Å². The Labute approximate surface area is 216 Å². The Kier molecular flexibility index (Phi) is 8.04. The van der Waals surface area contributed by atoms with E-state index in [0.717, 1.165) is 33.4 Å². The van der Waals surface area contributed by atoms with Crippen molar-refractivity contribution < 1.29 is 9.53 Å². The number of ketones is 1. The molecule has 0 N–H and O–H groups in total. The molecule has 0 saturated carbocycles. The van der Waals surface area contributed by atoms with Crippen LogP contribution in [0, 0.1) is 0 Å². The van der Waals surface area contributed by atoms with Crippen molar-refractivity contribution in [2.75, 3.05) is 6.61 Å². The van der Waals surface area contributed by atoms with Crippen molar-refractivity contribution >= 4 is 40.7 Å². The lowest BCUT2D eigenvalue weighted by Gasteiger charge is -2.15. The first-order chi connectivity index (χ1) is 16.7. The molecule has 6 nitrogen and oxygen atoms in total. The molecule has 0 unspecified atom stereocenters. The zero-order valence-electron chi connectivity index (χ0n) is 20.9. The van der Waals surface area contributed by atoms with Gasteiger partial charge in [-0.2, -0.15) is 10.2 Å². The normalized spacial score (nSPS) is 12.8. The minimum absolute atomic E-state index is 0.0227. The number of carbonyl (C=O) groups is 1. The van der Waals surface area contributed by atoms with E-state index in [4.69, 9.17) is 4.74 Å². The molecule has 0 bridgehead atoms. The molecule has 4 aromatic rings. The molecule has 0 fully saturated rings. The Morgan fingerprint density at radius 3 is 2.63 bits per heavy atom. The van der Waals surface area contributed by atoms with Gasteiger partial charge in [-0.25, -0.2) is 4.68 Å². The molecule has 35 heavy (non-hydrogen) atoms. The molecule has 0 aliphatic carbocycles. The van der Waals surface area contributed by atoms with Crippen LogP contribution in [0.3, 0.4) is 0 Å². The molecule has 2 aromatic heterocycles. The third-order valence-electron chi connectivity index (χ3n) is 6.10. The van der Waals surface area contributed by atoms with Gasteiger partial charge in [0.2, 0.25) is 0 Å². The zero-order chi connectivity index (χ0) is 25.0. The van der Waals surface area contributed by atoms with E-state index in [1.165, 1.54) is 5.56 Å². The molecular weight excluding hydrogens is 520 g/mol. The summed E-state index contributed by atoms with van der Waals surface area (Å²) in [5.74, 6) is -0.0227. The van der Waals surface area contributed by atoms with Gasteiger partial charge in [-0.05, 0) is 41.8 Å². The molecule has 4 rings (SSSR count). The van der Waals surface area contributed by atoms with Crippen LogP contribution < -0.4 is 0 Å². The summed E-state index contributed by atoms with van der Waals surface area (Å²) in [4.78, 5) is 13.3. The predicted octanol–water partition coefficient (Wildman–Crippen LogP) is 6.73. The molecule has 0 aliphatic heterocycles. The summed E-state index contributed by atoms with van der Waals surface area (Å²) in [6, 6.07) is 17.4. The van der Waals surface area contributed by atoms with Crippen LogP contribution in [0.2, 0.25) is 25.7 Å². The van der Waals surface area contributed by atoms with Crippen molar-refractivity contribution in [2.45, 2.75) is 58.2 Å². The smallest absolute Gasteiger partial charge is 0.188 e. The van der Waals surface area contributed by atoms with Gasteiger partial charge in [0.05, 0.1) is 17.8 Å². The van der Waals surface area contributed by atoms with Crippen molar-refractivity contribution in [1.29, 1.82) is 0 Å². The van der Waals surface area contributed by atoms with Gasteiger partial charge in [0.25, 0.3) is 0 Å². The fourth-order valence-electron chi connectivity index (χ4n) is 4.14. The van der Waals surface area contributed by atoms with E-state index in [0.29, 0.717) is 19.0 Å². The molecule has 184 valence electrons. The highest BCUT2D eigenvalue weighted by Crippen LogP contribution is 2.25. The van der Waals surface area contributed by atoms with E-state index in [-0.39, 0.29) is 18.2 Å². The molecule has 1 atom stereocenters. The lowest BCUT2D eigenvalue weighted by atomic mass is 10.0.